The summed E-state index contributed by atoms with van der Waals surface area (Å²) < 4.78 is 26.5. The predicted octanol–water partition coefficient (Wildman–Crippen LogP) is 4.91. The van der Waals surface area contributed by atoms with Crippen LogP contribution in [-0.4, -0.2) is 27.8 Å². The summed E-state index contributed by atoms with van der Waals surface area (Å²) >= 11 is 0. The van der Waals surface area contributed by atoms with Gasteiger partial charge in [-0.25, -0.2) is 9.37 Å². The molecule has 2 aromatic heterocycles. The Bertz CT molecular complexity index is 1280. The maximum Gasteiger partial charge on any atom is 0.255 e. The highest BCUT2D eigenvalue weighted by molar-refractivity contribution is 6.04. The van der Waals surface area contributed by atoms with E-state index >= 15 is 0 Å². The molecule has 0 aliphatic heterocycles. The Morgan fingerprint density at radius 3 is 2.50 bits per heavy atom. The quantitative estimate of drug-likeness (QED) is 0.466. The second kappa shape index (κ2) is 8.66. The molecule has 164 valence electrons. The molecule has 0 fully saturated rings. The molecule has 0 atom stereocenters. The van der Waals surface area contributed by atoms with Crippen LogP contribution >= 0.6 is 0 Å². The first-order chi connectivity index (χ1) is 15.3. The molecular weight excluding hydrogens is 411 g/mol. The fraction of sp³-hybridized carbons (Fsp3) is 0.208. The van der Waals surface area contributed by atoms with E-state index in [0.29, 0.717) is 18.1 Å². The van der Waals surface area contributed by atoms with E-state index in [2.05, 4.69) is 15.4 Å². The van der Waals surface area contributed by atoms with E-state index in [1.165, 1.54) is 19.2 Å². The number of aryl methyl sites for hydroxylation is 3. The summed E-state index contributed by atoms with van der Waals surface area (Å²) in [4.78, 5) is 17.0. The number of ether oxygens (including phenoxy) is 1. The molecule has 0 radical (unpaired) electrons. The number of methoxy groups -OCH3 is 1. The summed E-state index contributed by atoms with van der Waals surface area (Å²) in [6.07, 6.45) is 0. The highest BCUT2D eigenvalue weighted by Crippen LogP contribution is 2.25. The molecule has 4 rings (SSSR count). The highest BCUT2D eigenvalue weighted by atomic mass is 19.1. The van der Waals surface area contributed by atoms with E-state index in [1.807, 2.05) is 43.7 Å². The molecule has 0 saturated carbocycles. The van der Waals surface area contributed by atoms with Crippen molar-refractivity contribution >= 4 is 11.6 Å². The summed E-state index contributed by atoms with van der Waals surface area (Å²) in [7, 11) is 1.37. The van der Waals surface area contributed by atoms with E-state index in [-0.39, 0.29) is 11.3 Å². The van der Waals surface area contributed by atoms with Gasteiger partial charge in [-0.1, -0.05) is 0 Å². The summed E-state index contributed by atoms with van der Waals surface area (Å²) in [6.45, 7) is 6.36. The Hall–Kier alpha value is -3.94. The van der Waals surface area contributed by atoms with Crippen LogP contribution in [0.3, 0.4) is 0 Å². The molecular formula is C24H23FN4O3. The number of hydrogen-bond acceptors (Lipinski definition) is 5. The van der Waals surface area contributed by atoms with Crippen molar-refractivity contribution in [2.45, 2.75) is 27.3 Å². The molecule has 7 nitrogen and oxygen atoms in total. The number of carbonyl (C=O) groups is 1. The van der Waals surface area contributed by atoms with Gasteiger partial charge in [0, 0.05) is 22.5 Å². The molecule has 0 unspecified atom stereocenters. The minimum absolute atomic E-state index is 0.0874. The lowest BCUT2D eigenvalue weighted by atomic mass is 10.1. The molecule has 0 spiro atoms. The summed E-state index contributed by atoms with van der Waals surface area (Å²) in [5.41, 5.74) is 4.37. The SMILES string of the molecule is COc1ccc(C(=O)Nc2ccc(-c3nc(Cn4nc(C)cc4C)c(C)o3)cc2)cc1F. The number of nitrogens with zero attached hydrogens (tertiary/aromatic N) is 3. The lowest BCUT2D eigenvalue weighted by Crippen LogP contribution is -2.12. The largest absolute Gasteiger partial charge is 0.494 e. The van der Waals surface area contributed by atoms with Gasteiger partial charge in [-0.05, 0) is 69.3 Å². The number of amides is 1. The first kappa shape index (κ1) is 21.3. The van der Waals surface area contributed by atoms with Crippen LogP contribution in [-0.2, 0) is 6.54 Å². The van der Waals surface area contributed by atoms with Crippen LogP contribution in [0.2, 0.25) is 0 Å². The molecule has 1 amide bonds. The van der Waals surface area contributed by atoms with E-state index < -0.39 is 11.7 Å². The van der Waals surface area contributed by atoms with Crippen molar-refractivity contribution in [2.24, 2.45) is 0 Å². The van der Waals surface area contributed by atoms with E-state index in [0.717, 1.165) is 34.5 Å². The Morgan fingerprint density at radius 2 is 1.88 bits per heavy atom. The molecule has 0 saturated heterocycles. The van der Waals surface area contributed by atoms with Crippen molar-refractivity contribution in [1.82, 2.24) is 14.8 Å². The van der Waals surface area contributed by atoms with E-state index in [9.17, 15) is 9.18 Å². The molecule has 0 bridgehead atoms. The Labute approximate surface area is 184 Å². The lowest BCUT2D eigenvalue weighted by molar-refractivity contribution is 0.102. The number of aromatic nitrogens is 3. The minimum Gasteiger partial charge on any atom is -0.494 e. The van der Waals surface area contributed by atoms with Gasteiger partial charge < -0.3 is 14.5 Å². The second-order valence-electron chi connectivity index (χ2n) is 7.49. The zero-order valence-corrected chi connectivity index (χ0v) is 18.3. The zero-order chi connectivity index (χ0) is 22.8. The van der Waals surface area contributed by atoms with Crippen LogP contribution in [0.4, 0.5) is 10.1 Å². The monoisotopic (exact) mass is 434 g/mol. The van der Waals surface area contributed by atoms with Gasteiger partial charge in [0.15, 0.2) is 11.6 Å². The molecule has 8 heteroatoms. The summed E-state index contributed by atoms with van der Waals surface area (Å²) in [6, 6.07) is 13.2. The van der Waals surface area contributed by atoms with Crippen LogP contribution in [0.1, 0.15) is 33.2 Å². The van der Waals surface area contributed by atoms with Gasteiger partial charge in [0.05, 0.1) is 19.3 Å². The smallest absolute Gasteiger partial charge is 0.255 e. The van der Waals surface area contributed by atoms with Crippen molar-refractivity contribution < 1.29 is 18.3 Å². The first-order valence-corrected chi connectivity index (χ1v) is 10.1. The van der Waals surface area contributed by atoms with Crippen LogP contribution in [0.5, 0.6) is 5.75 Å². The predicted molar refractivity (Wildman–Crippen MR) is 118 cm³/mol. The third kappa shape index (κ3) is 4.39. The molecule has 0 aliphatic carbocycles. The van der Waals surface area contributed by atoms with Crippen LogP contribution in [0.15, 0.2) is 52.9 Å². The van der Waals surface area contributed by atoms with E-state index in [4.69, 9.17) is 9.15 Å². The third-order valence-electron chi connectivity index (χ3n) is 5.10. The number of carbonyl (C=O) groups excluding carboxylic acids is 1. The third-order valence-corrected chi connectivity index (χ3v) is 5.10. The number of anilines is 1. The Balaban J connectivity index is 1.47. The van der Waals surface area contributed by atoms with Crippen LogP contribution in [0.25, 0.3) is 11.5 Å². The normalized spacial score (nSPS) is 10.9. The first-order valence-electron chi connectivity index (χ1n) is 10.1. The van der Waals surface area contributed by atoms with Gasteiger partial charge in [-0.15, -0.1) is 0 Å². The average molecular weight is 434 g/mol. The van der Waals surface area contributed by atoms with Crippen LogP contribution < -0.4 is 10.1 Å². The van der Waals surface area contributed by atoms with Crippen molar-refractivity contribution in [3.63, 3.8) is 0 Å². The van der Waals surface area contributed by atoms with Crippen molar-refractivity contribution in [3.05, 3.63) is 82.8 Å². The van der Waals surface area contributed by atoms with Gasteiger partial charge in [0.2, 0.25) is 5.89 Å². The number of rotatable bonds is 6. The molecule has 4 aromatic rings. The zero-order valence-electron chi connectivity index (χ0n) is 18.3. The van der Waals surface area contributed by atoms with Crippen molar-refractivity contribution in [3.8, 4) is 17.2 Å². The molecule has 2 aromatic carbocycles. The lowest BCUT2D eigenvalue weighted by Gasteiger charge is -2.07. The van der Waals surface area contributed by atoms with Gasteiger partial charge in [-0.2, -0.15) is 5.10 Å². The number of benzene rings is 2. The van der Waals surface area contributed by atoms with Crippen molar-refractivity contribution in [2.75, 3.05) is 12.4 Å². The standard InChI is InChI=1S/C24H23FN4O3/c1-14-11-15(2)29(28-14)13-21-16(3)32-24(27-21)17-5-8-19(9-6-17)26-23(30)18-7-10-22(31-4)20(25)12-18/h5-12H,13H2,1-4H3,(H,26,30). The minimum atomic E-state index is -0.592. The summed E-state index contributed by atoms with van der Waals surface area (Å²) in [5, 5.41) is 7.22. The Morgan fingerprint density at radius 1 is 1.12 bits per heavy atom. The average Bonchev–Trinajstić information content (AvgIpc) is 3.29. The maximum absolute atomic E-state index is 13.9. The molecule has 1 N–H and O–H groups in total. The Kier molecular flexibility index (Phi) is 5.77. The summed E-state index contributed by atoms with van der Waals surface area (Å²) in [5.74, 6) is 0.300. The molecule has 0 aliphatic rings. The number of nitrogens with one attached hydrogen (secondary N) is 1. The molecule has 2 heterocycles. The number of oxazole rings is 1. The van der Waals surface area contributed by atoms with Gasteiger partial charge in [0.25, 0.3) is 5.91 Å². The van der Waals surface area contributed by atoms with Crippen molar-refractivity contribution in [1.29, 1.82) is 0 Å². The maximum atomic E-state index is 13.9. The highest BCUT2D eigenvalue weighted by Gasteiger charge is 2.14. The van der Waals surface area contributed by atoms with Gasteiger partial charge in [0.1, 0.15) is 11.5 Å². The topological polar surface area (TPSA) is 82.2 Å². The fourth-order valence-electron chi connectivity index (χ4n) is 3.38. The van der Waals surface area contributed by atoms with E-state index in [1.54, 1.807) is 12.1 Å². The van der Waals surface area contributed by atoms with Crippen LogP contribution in [0, 0.1) is 26.6 Å². The molecule has 32 heavy (non-hydrogen) atoms. The van der Waals surface area contributed by atoms with Gasteiger partial charge >= 0.3 is 0 Å². The number of hydrogen-bond donors (Lipinski definition) is 1. The fourth-order valence-corrected chi connectivity index (χ4v) is 3.38. The number of halogens is 1. The van der Waals surface area contributed by atoms with Gasteiger partial charge in [-0.3, -0.25) is 9.48 Å². The second-order valence-corrected chi connectivity index (χ2v) is 7.49.